The second-order valence-electron chi connectivity index (χ2n) is 3.83. The number of carbonyl (C=O) groups is 1. The van der Waals surface area contributed by atoms with Gasteiger partial charge in [0.05, 0.1) is 11.8 Å². The highest BCUT2D eigenvalue weighted by atomic mass is 19.4. The molecule has 1 unspecified atom stereocenters. The molecule has 1 fully saturated rings. The monoisotopic (exact) mass is 234 g/mol. The first-order valence-corrected chi connectivity index (χ1v) is 4.74. The second-order valence-corrected chi connectivity index (χ2v) is 3.83. The Labute approximate surface area is 88.7 Å². The zero-order valence-electron chi connectivity index (χ0n) is 8.11. The molecule has 1 aliphatic rings. The predicted octanol–water partition coefficient (Wildman–Crippen LogP) is 1.94. The number of carboxylic acid groups (broad SMARTS) is 1. The van der Waals surface area contributed by atoms with E-state index in [1.807, 2.05) is 0 Å². The van der Waals surface area contributed by atoms with E-state index in [0.29, 0.717) is 6.20 Å². The third-order valence-corrected chi connectivity index (χ3v) is 2.54. The molecule has 1 saturated carbocycles. The highest BCUT2D eigenvalue weighted by molar-refractivity contribution is 5.72. The highest BCUT2D eigenvalue weighted by Crippen LogP contribution is 2.40. The first-order chi connectivity index (χ1) is 7.39. The van der Waals surface area contributed by atoms with Crippen LogP contribution in [0.4, 0.5) is 13.2 Å². The smallest absolute Gasteiger partial charge is 0.419 e. The first-order valence-electron chi connectivity index (χ1n) is 4.74. The zero-order chi connectivity index (χ0) is 11.9. The number of nitrogens with zero attached hydrogens (tertiary/aromatic N) is 2. The van der Waals surface area contributed by atoms with Crippen molar-refractivity contribution >= 4 is 5.97 Å². The summed E-state index contributed by atoms with van der Waals surface area (Å²) in [5.74, 6) is -1.24. The van der Waals surface area contributed by atoms with Crippen LogP contribution in [0.1, 0.15) is 24.4 Å². The van der Waals surface area contributed by atoms with Gasteiger partial charge in [0.15, 0.2) is 6.04 Å². The van der Waals surface area contributed by atoms with Gasteiger partial charge in [-0.15, -0.1) is 0 Å². The molecule has 1 aromatic rings. The van der Waals surface area contributed by atoms with E-state index in [9.17, 15) is 18.0 Å². The maximum Gasteiger partial charge on any atom is 0.419 e. The summed E-state index contributed by atoms with van der Waals surface area (Å²) in [6, 6.07) is -0.976. The Balaban J connectivity index is 2.26. The van der Waals surface area contributed by atoms with E-state index in [1.165, 1.54) is 0 Å². The summed E-state index contributed by atoms with van der Waals surface area (Å²) in [6.45, 7) is 0. The van der Waals surface area contributed by atoms with Gasteiger partial charge < -0.3 is 5.11 Å². The van der Waals surface area contributed by atoms with E-state index in [2.05, 4.69) is 5.10 Å². The van der Waals surface area contributed by atoms with Crippen LogP contribution in [-0.4, -0.2) is 20.9 Å². The maximum absolute atomic E-state index is 12.3. The minimum Gasteiger partial charge on any atom is -0.480 e. The summed E-state index contributed by atoms with van der Waals surface area (Å²) in [5, 5.41) is 12.4. The van der Waals surface area contributed by atoms with E-state index in [-0.39, 0.29) is 5.92 Å². The average Bonchev–Trinajstić information content (AvgIpc) is 2.79. The molecule has 1 N–H and O–H groups in total. The lowest BCUT2D eigenvalue weighted by Gasteiger charge is -2.11. The van der Waals surface area contributed by atoms with E-state index < -0.39 is 23.8 Å². The molecule has 2 rings (SSSR count). The van der Waals surface area contributed by atoms with Gasteiger partial charge in [-0.05, 0) is 18.8 Å². The van der Waals surface area contributed by atoms with E-state index in [4.69, 9.17) is 5.11 Å². The summed E-state index contributed by atoms with van der Waals surface area (Å²) in [6.07, 6.45) is -1.64. The molecule has 0 saturated heterocycles. The standard InChI is InChI=1S/C9H9F3N2O2/c10-9(11,12)6-3-13-14(4-6)7(8(15)16)5-1-2-5/h3-5,7H,1-2H2,(H,15,16). The van der Waals surface area contributed by atoms with Crippen molar-refractivity contribution in [2.75, 3.05) is 0 Å². The number of rotatable bonds is 3. The molecule has 1 heterocycles. The van der Waals surface area contributed by atoms with Gasteiger partial charge in [-0.3, -0.25) is 4.68 Å². The lowest BCUT2D eigenvalue weighted by atomic mass is 10.2. The lowest BCUT2D eigenvalue weighted by Crippen LogP contribution is -2.21. The minimum atomic E-state index is -4.48. The number of halogens is 3. The van der Waals surface area contributed by atoms with Crippen LogP contribution in [0.15, 0.2) is 12.4 Å². The summed E-state index contributed by atoms with van der Waals surface area (Å²) in [5.41, 5.74) is -0.917. The van der Waals surface area contributed by atoms with Crippen LogP contribution in [-0.2, 0) is 11.0 Å². The van der Waals surface area contributed by atoms with Crippen molar-refractivity contribution < 1.29 is 23.1 Å². The number of aliphatic carboxylic acids is 1. The topological polar surface area (TPSA) is 55.1 Å². The fraction of sp³-hybridized carbons (Fsp3) is 0.556. The lowest BCUT2D eigenvalue weighted by molar-refractivity contribution is -0.142. The predicted molar refractivity (Wildman–Crippen MR) is 46.6 cm³/mol. The molecule has 0 aliphatic heterocycles. The van der Waals surface area contributed by atoms with Crippen LogP contribution < -0.4 is 0 Å². The quantitative estimate of drug-likeness (QED) is 0.869. The molecule has 1 aliphatic carbocycles. The van der Waals surface area contributed by atoms with Gasteiger partial charge in [0, 0.05) is 6.20 Å². The third kappa shape index (κ3) is 2.02. The first kappa shape index (κ1) is 11.0. The fourth-order valence-electron chi connectivity index (χ4n) is 1.58. The molecular weight excluding hydrogens is 225 g/mol. The van der Waals surface area contributed by atoms with Gasteiger partial charge in [0.1, 0.15) is 0 Å². The van der Waals surface area contributed by atoms with Gasteiger partial charge in [-0.1, -0.05) is 0 Å². The van der Waals surface area contributed by atoms with Crippen molar-refractivity contribution in [2.45, 2.75) is 25.1 Å². The molecule has 0 radical (unpaired) electrons. The molecular formula is C9H9F3N2O2. The van der Waals surface area contributed by atoms with Crippen molar-refractivity contribution in [1.82, 2.24) is 9.78 Å². The van der Waals surface area contributed by atoms with Crippen molar-refractivity contribution in [1.29, 1.82) is 0 Å². The molecule has 0 aromatic carbocycles. The van der Waals surface area contributed by atoms with Crippen LogP contribution in [0.3, 0.4) is 0 Å². The Morgan fingerprint density at radius 1 is 1.56 bits per heavy atom. The number of carboxylic acids is 1. The highest BCUT2D eigenvalue weighted by Gasteiger charge is 2.40. The number of hydrogen-bond acceptors (Lipinski definition) is 2. The van der Waals surface area contributed by atoms with Crippen LogP contribution in [0.2, 0.25) is 0 Å². The van der Waals surface area contributed by atoms with Gasteiger partial charge in [-0.25, -0.2) is 4.79 Å². The van der Waals surface area contributed by atoms with Crippen LogP contribution in [0.25, 0.3) is 0 Å². The van der Waals surface area contributed by atoms with Gasteiger partial charge in [0.25, 0.3) is 0 Å². The number of hydrogen-bond donors (Lipinski definition) is 1. The largest absolute Gasteiger partial charge is 0.480 e. The molecule has 4 nitrogen and oxygen atoms in total. The van der Waals surface area contributed by atoms with Gasteiger partial charge >= 0.3 is 12.1 Å². The van der Waals surface area contributed by atoms with E-state index in [1.54, 1.807) is 0 Å². The Morgan fingerprint density at radius 3 is 2.56 bits per heavy atom. The Morgan fingerprint density at radius 2 is 2.19 bits per heavy atom. The fourth-order valence-corrected chi connectivity index (χ4v) is 1.58. The zero-order valence-corrected chi connectivity index (χ0v) is 8.11. The van der Waals surface area contributed by atoms with Crippen LogP contribution in [0.5, 0.6) is 0 Å². The Kier molecular flexibility index (Phi) is 2.40. The molecule has 0 amide bonds. The maximum atomic E-state index is 12.3. The van der Waals surface area contributed by atoms with Crippen LogP contribution >= 0.6 is 0 Å². The van der Waals surface area contributed by atoms with Gasteiger partial charge in [0.2, 0.25) is 0 Å². The summed E-state index contributed by atoms with van der Waals surface area (Å²) >= 11 is 0. The normalized spacial score (nSPS) is 18.4. The van der Waals surface area contributed by atoms with E-state index in [0.717, 1.165) is 23.7 Å². The number of alkyl halides is 3. The van der Waals surface area contributed by atoms with Crippen molar-refractivity contribution in [3.8, 4) is 0 Å². The van der Waals surface area contributed by atoms with Gasteiger partial charge in [-0.2, -0.15) is 18.3 Å². The Hall–Kier alpha value is -1.53. The summed E-state index contributed by atoms with van der Waals surface area (Å²) in [4.78, 5) is 10.9. The molecule has 1 aromatic heterocycles. The number of aromatic nitrogens is 2. The molecule has 0 spiro atoms. The molecule has 0 bridgehead atoms. The summed E-state index contributed by atoms with van der Waals surface area (Å²) < 4.78 is 37.7. The molecule has 7 heteroatoms. The van der Waals surface area contributed by atoms with E-state index >= 15 is 0 Å². The van der Waals surface area contributed by atoms with Crippen molar-refractivity contribution in [3.63, 3.8) is 0 Å². The molecule has 88 valence electrons. The average molecular weight is 234 g/mol. The molecule has 16 heavy (non-hydrogen) atoms. The molecule has 1 atom stereocenters. The van der Waals surface area contributed by atoms with Crippen LogP contribution in [0, 0.1) is 5.92 Å². The summed E-state index contributed by atoms with van der Waals surface area (Å²) in [7, 11) is 0. The SMILES string of the molecule is O=C(O)C(C1CC1)n1cc(C(F)(F)F)cn1. The van der Waals surface area contributed by atoms with Crippen molar-refractivity contribution in [3.05, 3.63) is 18.0 Å². The third-order valence-electron chi connectivity index (χ3n) is 2.54. The second kappa shape index (κ2) is 3.50. The minimum absolute atomic E-state index is 0.0986. The Bertz CT molecular complexity index is 409. The van der Waals surface area contributed by atoms with Crippen molar-refractivity contribution in [2.24, 2.45) is 5.92 Å².